The van der Waals surface area contributed by atoms with Crippen LogP contribution in [0.4, 0.5) is 0 Å². The Labute approximate surface area is 175 Å². The van der Waals surface area contributed by atoms with Gasteiger partial charge in [0.1, 0.15) is 11.9 Å². The van der Waals surface area contributed by atoms with Crippen LogP contribution in [0.1, 0.15) is 36.7 Å². The third kappa shape index (κ3) is 3.60. The fourth-order valence-electron chi connectivity index (χ4n) is 4.87. The van der Waals surface area contributed by atoms with E-state index in [1.807, 2.05) is 36.1 Å². The third-order valence-electron chi connectivity index (χ3n) is 6.34. The predicted molar refractivity (Wildman–Crippen MR) is 111 cm³/mol. The second kappa shape index (κ2) is 7.97. The molecular weight excluding hydrogens is 378 g/mol. The summed E-state index contributed by atoms with van der Waals surface area (Å²) in [6.45, 7) is 2.69. The van der Waals surface area contributed by atoms with Crippen LogP contribution >= 0.6 is 0 Å². The van der Waals surface area contributed by atoms with Crippen LogP contribution in [0.25, 0.3) is 0 Å². The van der Waals surface area contributed by atoms with Gasteiger partial charge in [-0.25, -0.2) is 15.0 Å². The van der Waals surface area contributed by atoms with Crippen LogP contribution in [0, 0.1) is 18.8 Å². The highest BCUT2D eigenvalue weighted by atomic mass is 16.5. The summed E-state index contributed by atoms with van der Waals surface area (Å²) in [5.74, 6) is 1.36. The predicted octanol–water partition coefficient (Wildman–Crippen LogP) is 2.86. The Morgan fingerprint density at radius 1 is 1.07 bits per heavy atom. The lowest BCUT2D eigenvalue weighted by atomic mass is 9.76. The van der Waals surface area contributed by atoms with Gasteiger partial charge in [-0.2, -0.15) is 0 Å². The third-order valence-corrected chi connectivity index (χ3v) is 6.34. The average molecular weight is 403 g/mol. The van der Waals surface area contributed by atoms with Crippen molar-refractivity contribution >= 4 is 5.91 Å². The van der Waals surface area contributed by atoms with Gasteiger partial charge in [-0.15, -0.1) is 0 Å². The van der Waals surface area contributed by atoms with Crippen molar-refractivity contribution in [2.75, 3.05) is 6.54 Å². The molecule has 0 aromatic carbocycles. The molecule has 7 heteroatoms. The maximum atomic E-state index is 13.7. The molecule has 30 heavy (non-hydrogen) atoms. The van der Waals surface area contributed by atoms with Gasteiger partial charge in [-0.1, -0.05) is 24.3 Å². The van der Waals surface area contributed by atoms with Gasteiger partial charge in [0.05, 0.1) is 36.0 Å². The van der Waals surface area contributed by atoms with Crippen LogP contribution in [0.15, 0.2) is 55.2 Å². The summed E-state index contributed by atoms with van der Waals surface area (Å²) in [6, 6.07) is 1.85. The first kappa shape index (κ1) is 18.9. The number of aromatic nitrogens is 4. The number of piperidine rings is 2. The van der Waals surface area contributed by atoms with E-state index in [-0.39, 0.29) is 29.9 Å². The minimum absolute atomic E-state index is 0.0482. The van der Waals surface area contributed by atoms with E-state index in [2.05, 4.69) is 19.9 Å². The molecule has 5 unspecified atom stereocenters. The number of hydrogen-bond acceptors (Lipinski definition) is 6. The Bertz CT molecular complexity index is 959. The smallest absolute Gasteiger partial charge is 0.232 e. The van der Waals surface area contributed by atoms with Crippen LogP contribution in [-0.4, -0.2) is 49.4 Å². The number of fused-ring (bicyclic) bond motifs is 3. The molecule has 1 amide bonds. The lowest BCUT2D eigenvalue weighted by Gasteiger charge is -2.50. The number of carbonyl (C=O) groups excluding carboxylic acids is 1. The number of rotatable bonds is 4. The van der Waals surface area contributed by atoms with Crippen molar-refractivity contribution in [3.63, 3.8) is 0 Å². The molecule has 5 atom stereocenters. The van der Waals surface area contributed by atoms with Crippen LogP contribution in [-0.2, 0) is 4.79 Å². The molecule has 4 aliphatic rings. The molecule has 154 valence electrons. The second-order valence-electron chi connectivity index (χ2n) is 8.32. The minimum atomic E-state index is -0.295. The number of amides is 1. The fourth-order valence-corrected chi connectivity index (χ4v) is 4.87. The largest absolute Gasteiger partial charge is 0.471 e. The van der Waals surface area contributed by atoms with Crippen molar-refractivity contribution in [1.82, 2.24) is 24.8 Å². The molecule has 2 aromatic rings. The van der Waals surface area contributed by atoms with Gasteiger partial charge < -0.3 is 9.64 Å². The zero-order valence-electron chi connectivity index (χ0n) is 17.0. The van der Waals surface area contributed by atoms with Gasteiger partial charge in [-0.3, -0.25) is 9.78 Å². The summed E-state index contributed by atoms with van der Waals surface area (Å²) < 4.78 is 6.20. The molecule has 0 N–H and O–H groups in total. The number of ether oxygens (including phenoxy) is 1. The SMILES string of the molecule is Cc1cnc(OC2CC3CCC2N(C(=O)C2C=CC=CC2c2ncccn2)C3)cn1. The maximum absolute atomic E-state index is 13.7. The van der Waals surface area contributed by atoms with E-state index >= 15 is 0 Å². The molecule has 1 saturated carbocycles. The number of aryl methyl sites for hydroxylation is 1. The molecule has 3 fully saturated rings. The normalized spacial score (nSPS) is 29.8. The highest BCUT2D eigenvalue weighted by Gasteiger charge is 2.46. The highest BCUT2D eigenvalue weighted by molar-refractivity contribution is 5.83. The fraction of sp³-hybridized carbons (Fsp3) is 0.435. The Morgan fingerprint density at radius 2 is 1.90 bits per heavy atom. The average Bonchev–Trinajstić information content (AvgIpc) is 2.81. The van der Waals surface area contributed by atoms with Gasteiger partial charge >= 0.3 is 0 Å². The van der Waals surface area contributed by atoms with Gasteiger partial charge in [0, 0.05) is 18.9 Å². The molecule has 2 bridgehead atoms. The first-order valence-electron chi connectivity index (χ1n) is 10.6. The lowest BCUT2D eigenvalue weighted by Crippen LogP contribution is -2.60. The van der Waals surface area contributed by atoms with Crippen LogP contribution < -0.4 is 4.74 Å². The maximum Gasteiger partial charge on any atom is 0.232 e. The number of allylic oxidation sites excluding steroid dienone is 3. The van der Waals surface area contributed by atoms with E-state index < -0.39 is 0 Å². The van der Waals surface area contributed by atoms with E-state index in [1.54, 1.807) is 30.9 Å². The minimum Gasteiger partial charge on any atom is -0.471 e. The molecule has 0 radical (unpaired) electrons. The van der Waals surface area contributed by atoms with Gasteiger partial charge in [0.15, 0.2) is 0 Å². The Kier molecular flexibility index (Phi) is 5.02. The summed E-state index contributed by atoms with van der Waals surface area (Å²) in [7, 11) is 0. The summed E-state index contributed by atoms with van der Waals surface area (Å²) in [5, 5.41) is 0. The molecule has 6 rings (SSSR count). The van der Waals surface area contributed by atoms with E-state index in [0.29, 0.717) is 17.6 Å². The Morgan fingerprint density at radius 3 is 2.67 bits per heavy atom. The molecule has 4 heterocycles. The van der Waals surface area contributed by atoms with E-state index in [4.69, 9.17) is 4.74 Å². The zero-order chi connectivity index (χ0) is 20.5. The summed E-state index contributed by atoms with van der Waals surface area (Å²) in [6.07, 6.45) is 17.8. The van der Waals surface area contributed by atoms with Crippen LogP contribution in [0.3, 0.4) is 0 Å². The van der Waals surface area contributed by atoms with Gasteiger partial charge in [0.25, 0.3) is 0 Å². The van der Waals surface area contributed by atoms with Crippen molar-refractivity contribution in [2.45, 2.75) is 44.2 Å². The van der Waals surface area contributed by atoms with Crippen molar-refractivity contribution in [1.29, 1.82) is 0 Å². The lowest BCUT2D eigenvalue weighted by molar-refractivity contribution is -0.148. The quantitative estimate of drug-likeness (QED) is 0.781. The Hall–Kier alpha value is -3.09. The van der Waals surface area contributed by atoms with Crippen molar-refractivity contribution < 1.29 is 9.53 Å². The molecule has 7 nitrogen and oxygen atoms in total. The van der Waals surface area contributed by atoms with E-state index in [1.165, 1.54) is 0 Å². The van der Waals surface area contributed by atoms with E-state index in [0.717, 1.165) is 31.5 Å². The second-order valence-corrected chi connectivity index (χ2v) is 8.32. The van der Waals surface area contributed by atoms with Crippen LogP contribution in [0.5, 0.6) is 5.88 Å². The molecule has 2 aliphatic heterocycles. The standard InChI is InChI=1S/C23H25N5O2/c1-15-12-27-21(13-26-15)30-20-11-16-7-8-19(20)28(14-16)23(29)18-6-3-2-5-17(18)22-24-9-4-10-25-22/h2-6,9-10,12-13,16-20H,7-8,11,14H2,1H3. The first-order valence-corrected chi connectivity index (χ1v) is 10.6. The van der Waals surface area contributed by atoms with Crippen molar-refractivity contribution in [3.05, 3.63) is 66.7 Å². The van der Waals surface area contributed by atoms with Crippen molar-refractivity contribution in [3.8, 4) is 5.88 Å². The summed E-state index contributed by atoms with van der Waals surface area (Å²) in [5.41, 5.74) is 0.857. The van der Waals surface area contributed by atoms with Gasteiger partial charge in [-0.05, 0) is 38.2 Å². The molecule has 2 aromatic heterocycles. The summed E-state index contributed by atoms with van der Waals surface area (Å²) in [4.78, 5) is 33.1. The van der Waals surface area contributed by atoms with Gasteiger partial charge in [0.2, 0.25) is 11.8 Å². The number of carbonyl (C=O) groups is 1. The van der Waals surface area contributed by atoms with Crippen LogP contribution in [0.2, 0.25) is 0 Å². The number of hydrogen-bond donors (Lipinski definition) is 0. The topological polar surface area (TPSA) is 81.1 Å². The highest BCUT2D eigenvalue weighted by Crippen LogP contribution is 2.39. The van der Waals surface area contributed by atoms with E-state index in [9.17, 15) is 4.79 Å². The molecular formula is C23H25N5O2. The zero-order valence-corrected chi connectivity index (χ0v) is 17.0. The molecule has 2 saturated heterocycles. The monoisotopic (exact) mass is 403 g/mol. The first-order chi connectivity index (χ1) is 14.7. The summed E-state index contributed by atoms with van der Waals surface area (Å²) >= 11 is 0. The molecule has 2 aliphatic carbocycles. The number of nitrogens with zero attached hydrogens (tertiary/aromatic N) is 5. The molecule has 0 spiro atoms. The Balaban J connectivity index is 1.36. The van der Waals surface area contributed by atoms with Crippen molar-refractivity contribution in [2.24, 2.45) is 11.8 Å².